The van der Waals surface area contributed by atoms with Crippen molar-refractivity contribution in [3.8, 4) is 0 Å². The minimum absolute atomic E-state index is 0. The normalized spacial score (nSPS) is 5.33. The van der Waals surface area contributed by atoms with Gasteiger partial charge >= 0.3 is 17.1 Å². The van der Waals surface area contributed by atoms with Gasteiger partial charge in [0.15, 0.2) is 0 Å². The maximum atomic E-state index is 8.44. The largest absolute Gasteiger partial charge is 2.00 e. The monoisotopic (exact) mass is 178 g/mol. The Bertz CT molecular complexity index is 69.1. The van der Waals surface area contributed by atoms with Crippen LogP contribution >= 0.6 is 0 Å². The third-order valence-electron chi connectivity index (χ3n) is 0. The van der Waals surface area contributed by atoms with Gasteiger partial charge in [-0.2, -0.15) is 0 Å². The van der Waals surface area contributed by atoms with E-state index in [0.29, 0.717) is 0 Å². The van der Waals surface area contributed by atoms with Crippen molar-refractivity contribution in [2.24, 2.45) is 0 Å². The number of hydrogen-bond donors (Lipinski definition) is 2. The van der Waals surface area contributed by atoms with Crippen LogP contribution in [0, 0.1) is 0 Å². The topological polar surface area (TPSA) is 121 Å². The molecule has 0 aromatic carbocycles. The fourth-order valence-corrected chi connectivity index (χ4v) is 0. The number of hydrogen-bond acceptors (Lipinski definition) is 4. The number of rotatable bonds is 0. The van der Waals surface area contributed by atoms with Crippen molar-refractivity contribution >= 4 is 12.3 Å². The van der Waals surface area contributed by atoms with Crippen molar-refractivity contribution in [2.75, 3.05) is 0 Å². The fraction of sp³-hybridized carbons (Fsp3) is 0. The molecule has 0 heterocycles. The molecule has 0 spiro atoms. The molecule has 0 bridgehead atoms. The first-order chi connectivity index (χ1) is 3.46. The van der Waals surface area contributed by atoms with E-state index in [1.54, 1.807) is 0 Å². The van der Waals surface area contributed by atoms with E-state index < -0.39 is 12.3 Å². The van der Waals surface area contributed by atoms with E-state index in [0.717, 1.165) is 0 Å². The van der Waals surface area contributed by atoms with Gasteiger partial charge in [-0.3, -0.25) is 0 Å². The first-order valence-electron chi connectivity index (χ1n) is 1.26. The quantitative estimate of drug-likeness (QED) is 0.405. The molecule has 6 nitrogen and oxygen atoms in total. The van der Waals surface area contributed by atoms with Gasteiger partial charge in [0.1, 0.15) is 0 Å². The minimum atomic E-state index is -2.08. The first kappa shape index (κ1) is 15.7. The second-order valence-electron chi connectivity index (χ2n) is 0.532. The third-order valence-corrected chi connectivity index (χ3v) is 0. The van der Waals surface area contributed by atoms with Gasteiger partial charge in [-0.05, 0) is 0 Å². The zero-order chi connectivity index (χ0) is 7.15. The summed E-state index contributed by atoms with van der Waals surface area (Å²) in [5.41, 5.74) is 0. The molecular weight excluding hydrogens is 176 g/mol. The van der Waals surface area contributed by atoms with Crippen molar-refractivity contribution in [1.82, 2.24) is 0 Å². The second-order valence-corrected chi connectivity index (χ2v) is 0.532. The predicted octanol–water partition coefficient (Wildman–Crippen LogP) is -2.23. The van der Waals surface area contributed by atoms with Gasteiger partial charge < -0.3 is 30.0 Å². The van der Waals surface area contributed by atoms with Gasteiger partial charge in [-0.25, -0.2) is 0 Å². The number of carbonyl (C=O) groups is 2. The van der Waals surface area contributed by atoms with Crippen molar-refractivity contribution in [3.05, 3.63) is 0 Å². The Balaban J connectivity index is -0.0000000720. The Morgan fingerprint density at radius 2 is 1.00 bits per heavy atom. The Hall–Kier alpha value is -0.941. The van der Waals surface area contributed by atoms with Gasteiger partial charge in [-0.15, -0.1) is 0 Å². The SMILES string of the molecule is O=C([O-])O.O=C([O-])O.[Fe+2]. The van der Waals surface area contributed by atoms with Gasteiger partial charge in [0.05, 0.1) is 0 Å². The Kier molecular flexibility index (Phi) is 17.7. The zero-order valence-electron chi connectivity index (χ0n) is 3.88. The van der Waals surface area contributed by atoms with E-state index in [2.05, 4.69) is 0 Å². The third kappa shape index (κ3) is 204. The van der Waals surface area contributed by atoms with Gasteiger partial charge in [0.2, 0.25) is 12.3 Å². The van der Waals surface area contributed by atoms with Crippen LogP contribution in [0.1, 0.15) is 0 Å². The predicted molar refractivity (Wildman–Crippen MR) is 16.0 cm³/mol. The average Bonchev–Trinajstić information content (AvgIpc) is 1.25. The molecule has 0 amide bonds. The molecule has 0 aliphatic carbocycles. The number of carboxylic acid groups (broad SMARTS) is 4. The molecule has 0 aromatic heterocycles. The molecule has 0 fully saturated rings. The molecule has 0 aliphatic heterocycles. The fourth-order valence-electron chi connectivity index (χ4n) is 0. The van der Waals surface area contributed by atoms with Crippen LogP contribution in [0.25, 0.3) is 0 Å². The minimum Gasteiger partial charge on any atom is -0.565 e. The molecule has 54 valence electrons. The molecule has 0 atom stereocenters. The molecule has 0 saturated carbocycles. The van der Waals surface area contributed by atoms with Crippen LogP contribution in [-0.4, -0.2) is 22.5 Å². The van der Waals surface area contributed by atoms with Crippen molar-refractivity contribution in [1.29, 1.82) is 0 Å². The summed E-state index contributed by atoms with van der Waals surface area (Å²) in [5, 5.41) is 30.6. The summed E-state index contributed by atoms with van der Waals surface area (Å²) in [4.78, 5) is 16.9. The maximum Gasteiger partial charge on any atom is 2.00 e. The Morgan fingerprint density at radius 3 is 1.00 bits per heavy atom. The van der Waals surface area contributed by atoms with E-state index in [1.807, 2.05) is 0 Å². The smallest absolute Gasteiger partial charge is 0.565 e. The summed E-state index contributed by atoms with van der Waals surface area (Å²) in [6.07, 6.45) is -4.17. The van der Waals surface area contributed by atoms with E-state index >= 15 is 0 Å². The van der Waals surface area contributed by atoms with Crippen LogP contribution in [0.5, 0.6) is 0 Å². The van der Waals surface area contributed by atoms with Crippen LogP contribution in [0.2, 0.25) is 0 Å². The molecule has 7 heteroatoms. The average molecular weight is 178 g/mol. The van der Waals surface area contributed by atoms with E-state index in [9.17, 15) is 0 Å². The second kappa shape index (κ2) is 10.1. The van der Waals surface area contributed by atoms with Gasteiger partial charge in [0, 0.05) is 0 Å². The van der Waals surface area contributed by atoms with Crippen molar-refractivity contribution in [3.63, 3.8) is 0 Å². The molecule has 0 radical (unpaired) electrons. The molecule has 0 aromatic rings. The van der Waals surface area contributed by atoms with Crippen molar-refractivity contribution in [2.45, 2.75) is 0 Å². The molecule has 0 unspecified atom stereocenters. The molecular formula is C2H2FeO6. The molecule has 0 aliphatic rings. The Morgan fingerprint density at radius 1 is 1.00 bits per heavy atom. The zero-order valence-corrected chi connectivity index (χ0v) is 4.99. The molecule has 9 heavy (non-hydrogen) atoms. The van der Waals surface area contributed by atoms with Crippen LogP contribution in [0.15, 0.2) is 0 Å². The Labute approximate surface area is 60.2 Å². The van der Waals surface area contributed by atoms with E-state index in [4.69, 9.17) is 30.0 Å². The summed E-state index contributed by atoms with van der Waals surface area (Å²) in [6.45, 7) is 0. The summed E-state index contributed by atoms with van der Waals surface area (Å²) in [6, 6.07) is 0. The summed E-state index contributed by atoms with van der Waals surface area (Å²) in [5.74, 6) is 0. The van der Waals surface area contributed by atoms with Gasteiger partial charge in [0.25, 0.3) is 0 Å². The molecule has 2 N–H and O–H groups in total. The summed E-state index contributed by atoms with van der Waals surface area (Å²) >= 11 is 0. The van der Waals surface area contributed by atoms with Gasteiger partial charge in [-0.1, -0.05) is 0 Å². The van der Waals surface area contributed by atoms with Crippen molar-refractivity contribution < 1.29 is 47.1 Å². The van der Waals surface area contributed by atoms with Crippen LogP contribution in [0.3, 0.4) is 0 Å². The first-order valence-corrected chi connectivity index (χ1v) is 1.26. The van der Waals surface area contributed by atoms with Crippen LogP contribution < -0.4 is 10.2 Å². The van der Waals surface area contributed by atoms with Crippen LogP contribution in [-0.2, 0) is 17.1 Å². The van der Waals surface area contributed by atoms with Crippen LogP contribution in [0.4, 0.5) is 9.59 Å². The standard InChI is InChI=1S/2CH2O3.Fe/c2*2-1(3)4;/h2*(H2,2,3,4);/q;;+2/p-2. The summed E-state index contributed by atoms with van der Waals surface area (Å²) < 4.78 is 0. The molecule has 0 saturated heterocycles. The summed E-state index contributed by atoms with van der Waals surface area (Å²) in [7, 11) is 0. The maximum absolute atomic E-state index is 8.44. The van der Waals surface area contributed by atoms with E-state index in [1.165, 1.54) is 0 Å². The molecule has 0 rings (SSSR count). The van der Waals surface area contributed by atoms with E-state index in [-0.39, 0.29) is 17.1 Å².